The molecular formula is C20H20N4O. The summed E-state index contributed by atoms with van der Waals surface area (Å²) in [6.07, 6.45) is 1.52. The SMILES string of the molecule is Cc1cc(Nc2cccc(NC(=O)c3ccc(C)c(C)c3)c2)ncn1. The highest BCUT2D eigenvalue weighted by Gasteiger charge is 2.08. The van der Waals surface area contributed by atoms with Crippen LogP contribution < -0.4 is 10.6 Å². The van der Waals surface area contributed by atoms with Crippen LogP contribution in [0.5, 0.6) is 0 Å². The van der Waals surface area contributed by atoms with Crippen molar-refractivity contribution in [3.63, 3.8) is 0 Å². The number of hydrogen-bond donors (Lipinski definition) is 2. The molecular weight excluding hydrogens is 312 g/mol. The molecule has 0 radical (unpaired) electrons. The third-order valence-electron chi connectivity index (χ3n) is 3.97. The van der Waals surface area contributed by atoms with Crippen LogP contribution in [0.1, 0.15) is 27.2 Å². The fourth-order valence-corrected chi connectivity index (χ4v) is 2.43. The third kappa shape index (κ3) is 4.20. The lowest BCUT2D eigenvalue weighted by molar-refractivity contribution is 0.102. The van der Waals surface area contributed by atoms with Crippen LogP contribution in [0.15, 0.2) is 54.9 Å². The zero-order chi connectivity index (χ0) is 17.8. The van der Waals surface area contributed by atoms with Crippen LogP contribution in [-0.2, 0) is 0 Å². The summed E-state index contributed by atoms with van der Waals surface area (Å²) in [5.74, 6) is 0.586. The van der Waals surface area contributed by atoms with Crippen molar-refractivity contribution in [2.75, 3.05) is 10.6 Å². The van der Waals surface area contributed by atoms with Crippen LogP contribution in [-0.4, -0.2) is 15.9 Å². The van der Waals surface area contributed by atoms with E-state index in [0.29, 0.717) is 11.4 Å². The second-order valence-electron chi connectivity index (χ2n) is 6.00. The van der Waals surface area contributed by atoms with Crippen molar-refractivity contribution in [1.82, 2.24) is 9.97 Å². The quantitative estimate of drug-likeness (QED) is 0.743. The highest BCUT2D eigenvalue weighted by Crippen LogP contribution is 2.20. The maximum atomic E-state index is 12.4. The van der Waals surface area contributed by atoms with Crippen LogP contribution in [0.4, 0.5) is 17.2 Å². The van der Waals surface area contributed by atoms with Gasteiger partial charge in [-0.2, -0.15) is 0 Å². The first kappa shape index (κ1) is 16.6. The van der Waals surface area contributed by atoms with E-state index in [-0.39, 0.29) is 5.91 Å². The Morgan fingerprint density at radius 2 is 1.68 bits per heavy atom. The number of amides is 1. The minimum absolute atomic E-state index is 0.127. The monoisotopic (exact) mass is 332 g/mol. The molecule has 0 aliphatic rings. The van der Waals surface area contributed by atoms with Gasteiger partial charge < -0.3 is 10.6 Å². The fourth-order valence-electron chi connectivity index (χ4n) is 2.43. The summed E-state index contributed by atoms with van der Waals surface area (Å²) in [4.78, 5) is 20.7. The van der Waals surface area contributed by atoms with Crippen molar-refractivity contribution in [3.8, 4) is 0 Å². The first-order valence-corrected chi connectivity index (χ1v) is 8.05. The Balaban J connectivity index is 1.75. The van der Waals surface area contributed by atoms with Crippen molar-refractivity contribution in [2.24, 2.45) is 0 Å². The van der Waals surface area contributed by atoms with Gasteiger partial charge in [-0.3, -0.25) is 4.79 Å². The topological polar surface area (TPSA) is 66.9 Å². The molecule has 25 heavy (non-hydrogen) atoms. The Kier molecular flexibility index (Phi) is 4.75. The number of carbonyl (C=O) groups is 1. The number of anilines is 3. The minimum atomic E-state index is -0.127. The van der Waals surface area contributed by atoms with Crippen LogP contribution in [0.25, 0.3) is 0 Å². The summed E-state index contributed by atoms with van der Waals surface area (Å²) in [5.41, 5.74) is 5.37. The van der Waals surface area contributed by atoms with E-state index in [0.717, 1.165) is 22.6 Å². The molecule has 2 N–H and O–H groups in total. The van der Waals surface area contributed by atoms with Gasteiger partial charge in [0.15, 0.2) is 0 Å². The largest absolute Gasteiger partial charge is 0.340 e. The van der Waals surface area contributed by atoms with Crippen molar-refractivity contribution in [3.05, 3.63) is 77.2 Å². The smallest absolute Gasteiger partial charge is 0.255 e. The van der Waals surface area contributed by atoms with Gasteiger partial charge in [0.05, 0.1) is 0 Å². The lowest BCUT2D eigenvalue weighted by Gasteiger charge is -2.10. The first-order chi connectivity index (χ1) is 12.0. The maximum Gasteiger partial charge on any atom is 0.255 e. The predicted molar refractivity (Wildman–Crippen MR) is 100 cm³/mol. The molecule has 0 saturated heterocycles. The predicted octanol–water partition coefficient (Wildman–Crippen LogP) is 4.40. The molecule has 126 valence electrons. The second-order valence-corrected chi connectivity index (χ2v) is 6.00. The summed E-state index contributed by atoms with van der Waals surface area (Å²) in [6.45, 7) is 5.94. The molecule has 0 spiro atoms. The van der Waals surface area contributed by atoms with Gasteiger partial charge in [-0.05, 0) is 62.2 Å². The lowest BCUT2D eigenvalue weighted by Crippen LogP contribution is -2.12. The standard InChI is InChI=1S/C20H20N4O/c1-13-7-8-16(9-14(13)2)20(25)24-18-6-4-5-17(11-18)23-19-10-15(3)21-12-22-19/h4-12H,1-3H3,(H,24,25)(H,21,22,23). The minimum Gasteiger partial charge on any atom is -0.340 e. The normalized spacial score (nSPS) is 10.4. The summed E-state index contributed by atoms with van der Waals surface area (Å²) in [6, 6.07) is 15.1. The van der Waals surface area contributed by atoms with E-state index in [4.69, 9.17) is 0 Å². The van der Waals surface area contributed by atoms with Gasteiger partial charge in [0, 0.05) is 28.7 Å². The Hall–Kier alpha value is -3.21. The van der Waals surface area contributed by atoms with Crippen molar-refractivity contribution in [2.45, 2.75) is 20.8 Å². The van der Waals surface area contributed by atoms with Gasteiger partial charge in [0.1, 0.15) is 12.1 Å². The number of benzene rings is 2. The van der Waals surface area contributed by atoms with Crippen molar-refractivity contribution >= 4 is 23.1 Å². The highest BCUT2D eigenvalue weighted by molar-refractivity contribution is 6.04. The number of hydrogen-bond acceptors (Lipinski definition) is 4. The molecule has 3 aromatic rings. The number of aryl methyl sites for hydroxylation is 3. The summed E-state index contributed by atoms with van der Waals surface area (Å²) in [5, 5.41) is 6.14. The van der Waals surface area contributed by atoms with E-state index in [1.54, 1.807) is 0 Å². The van der Waals surface area contributed by atoms with Crippen molar-refractivity contribution in [1.29, 1.82) is 0 Å². The lowest BCUT2D eigenvalue weighted by atomic mass is 10.1. The number of carbonyl (C=O) groups excluding carboxylic acids is 1. The molecule has 5 heteroatoms. The second kappa shape index (κ2) is 7.13. The van der Waals surface area contributed by atoms with E-state index in [9.17, 15) is 4.79 Å². The average Bonchev–Trinajstić information content (AvgIpc) is 2.57. The zero-order valence-electron chi connectivity index (χ0n) is 14.5. The Morgan fingerprint density at radius 3 is 2.44 bits per heavy atom. The Labute approximate surface area is 147 Å². The van der Waals surface area contributed by atoms with Crippen LogP contribution in [0, 0.1) is 20.8 Å². The molecule has 0 saturated carbocycles. The molecule has 0 aliphatic carbocycles. The molecule has 0 unspecified atom stereocenters. The molecule has 1 aromatic heterocycles. The number of aromatic nitrogens is 2. The molecule has 0 bridgehead atoms. The summed E-state index contributed by atoms with van der Waals surface area (Å²) in [7, 11) is 0. The number of nitrogens with zero attached hydrogens (tertiary/aromatic N) is 2. The Morgan fingerprint density at radius 1 is 0.880 bits per heavy atom. The van der Waals surface area contributed by atoms with E-state index >= 15 is 0 Å². The Bertz CT molecular complexity index is 921. The van der Waals surface area contributed by atoms with E-state index in [1.807, 2.05) is 69.3 Å². The van der Waals surface area contributed by atoms with Crippen molar-refractivity contribution < 1.29 is 4.79 Å². The van der Waals surface area contributed by atoms with E-state index in [1.165, 1.54) is 11.9 Å². The summed E-state index contributed by atoms with van der Waals surface area (Å²) >= 11 is 0. The third-order valence-corrected chi connectivity index (χ3v) is 3.97. The van der Waals surface area contributed by atoms with Gasteiger partial charge >= 0.3 is 0 Å². The average molecular weight is 332 g/mol. The molecule has 0 aliphatic heterocycles. The van der Waals surface area contributed by atoms with Crippen LogP contribution in [0.2, 0.25) is 0 Å². The first-order valence-electron chi connectivity index (χ1n) is 8.05. The maximum absolute atomic E-state index is 12.4. The van der Waals surface area contributed by atoms with E-state index < -0.39 is 0 Å². The summed E-state index contributed by atoms with van der Waals surface area (Å²) < 4.78 is 0. The molecule has 1 amide bonds. The highest BCUT2D eigenvalue weighted by atomic mass is 16.1. The molecule has 2 aromatic carbocycles. The fraction of sp³-hybridized carbons (Fsp3) is 0.150. The molecule has 0 fully saturated rings. The van der Waals surface area contributed by atoms with Gasteiger partial charge in [0.2, 0.25) is 0 Å². The van der Waals surface area contributed by atoms with Crippen LogP contribution >= 0.6 is 0 Å². The van der Waals surface area contributed by atoms with Gasteiger partial charge in [-0.1, -0.05) is 12.1 Å². The zero-order valence-corrected chi connectivity index (χ0v) is 14.5. The number of rotatable bonds is 4. The number of nitrogens with one attached hydrogen (secondary N) is 2. The van der Waals surface area contributed by atoms with Crippen LogP contribution in [0.3, 0.4) is 0 Å². The molecule has 0 atom stereocenters. The van der Waals surface area contributed by atoms with Gasteiger partial charge in [-0.15, -0.1) is 0 Å². The molecule has 5 nitrogen and oxygen atoms in total. The van der Waals surface area contributed by atoms with Gasteiger partial charge in [0.25, 0.3) is 5.91 Å². The van der Waals surface area contributed by atoms with Gasteiger partial charge in [-0.25, -0.2) is 9.97 Å². The molecule has 1 heterocycles. The molecule has 3 rings (SSSR count). The van der Waals surface area contributed by atoms with E-state index in [2.05, 4.69) is 20.6 Å².